The Bertz CT molecular complexity index is 933. The number of fused-ring (bicyclic) bond motifs is 1. The summed E-state index contributed by atoms with van der Waals surface area (Å²) in [6.07, 6.45) is 3.08. The molecule has 4 heteroatoms. The van der Waals surface area contributed by atoms with Crippen LogP contribution in [0, 0.1) is 6.92 Å². The van der Waals surface area contributed by atoms with Crippen LogP contribution in [0.1, 0.15) is 26.4 Å². The molecule has 0 spiro atoms. The van der Waals surface area contributed by atoms with Crippen molar-refractivity contribution in [1.29, 1.82) is 0 Å². The van der Waals surface area contributed by atoms with Crippen LogP contribution in [0.15, 0.2) is 54.6 Å². The first-order valence-electron chi connectivity index (χ1n) is 7.54. The third kappa shape index (κ3) is 3.78. The van der Waals surface area contributed by atoms with Crippen LogP contribution in [0.4, 0.5) is 0 Å². The van der Waals surface area contributed by atoms with E-state index in [1.54, 1.807) is 6.08 Å². The van der Waals surface area contributed by atoms with Gasteiger partial charge in [0.2, 0.25) is 0 Å². The molecule has 0 aliphatic rings. The van der Waals surface area contributed by atoms with Crippen molar-refractivity contribution in [3.05, 3.63) is 76.2 Å². The average Bonchev–Trinajstić information content (AvgIpc) is 2.95. The van der Waals surface area contributed by atoms with Gasteiger partial charge in [-0.3, -0.25) is 4.79 Å². The van der Waals surface area contributed by atoms with Crippen molar-refractivity contribution in [2.75, 3.05) is 0 Å². The Morgan fingerprint density at radius 2 is 1.83 bits per heavy atom. The predicted molar refractivity (Wildman–Crippen MR) is 97.7 cm³/mol. The van der Waals surface area contributed by atoms with Crippen LogP contribution in [0.25, 0.3) is 16.2 Å². The van der Waals surface area contributed by atoms with Crippen LogP contribution in [-0.4, -0.2) is 16.9 Å². The minimum atomic E-state index is -0.961. The maximum Gasteiger partial charge on any atom is 0.328 e. The second-order valence-corrected chi connectivity index (χ2v) is 6.77. The largest absolute Gasteiger partial charge is 0.478 e. The van der Waals surface area contributed by atoms with E-state index in [0.717, 1.165) is 37.7 Å². The quantitative estimate of drug-likeness (QED) is 0.541. The first-order valence-corrected chi connectivity index (χ1v) is 8.36. The number of carbonyl (C=O) groups excluding carboxylic acids is 1. The topological polar surface area (TPSA) is 54.4 Å². The molecule has 0 aliphatic carbocycles. The molecule has 1 N–H and O–H groups in total. The smallest absolute Gasteiger partial charge is 0.328 e. The lowest BCUT2D eigenvalue weighted by Gasteiger charge is -2.02. The van der Waals surface area contributed by atoms with E-state index in [9.17, 15) is 9.59 Å². The van der Waals surface area contributed by atoms with Crippen LogP contribution in [-0.2, 0) is 11.2 Å². The van der Waals surface area contributed by atoms with Crippen LogP contribution >= 0.6 is 11.3 Å². The van der Waals surface area contributed by atoms with Gasteiger partial charge in [0.1, 0.15) is 0 Å². The molecule has 0 atom stereocenters. The second-order valence-electron chi connectivity index (χ2n) is 5.66. The van der Waals surface area contributed by atoms with Crippen molar-refractivity contribution in [2.45, 2.75) is 13.3 Å². The number of benzene rings is 2. The Morgan fingerprint density at radius 3 is 2.54 bits per heavy atom. The van der Waals surface area contributed by atoms with E-state index in [2.05, 4.69) is 0 Å². The SMILES string of the molecule is Cc1ccc(C(=O)Cc2ccc3sc(/C=C/C(=O)O)cc3c2)cc1. The van der Waals surface area contributed by atoms with Crippen molar-refractivity contribution in [3.8, 4) is 0 Å². The van der Waals surface area contributed by atoms with Crippen LogP contribution in [0.2, 0.25) is 0 Å². The summed E-state index contributed by atoms with van der Waals surface area (Å²) >= 11 is 1.53. The van der Waals surface area contributed by atoms with Gasteiger partial charge in [-0.1, -0.05) is 35.9 Å². The van der Waals surface area contributed by atoms with E-state index in [1.807, 2.05) is 55.5 Å². The highest BCUT2D eigenvalue weighted by Crippen LogP contribution is 2.28. The standard InChI is InChI=1S/C20H16O3S/c1-13-2-5-15(6-3-13)18(21)11-14-4-8-19-16(10-14)12-17(24-19)7-9-20(22)23/h2-10,12H,11H2,1H3,(H,22,23)/b9-7+. The Labute approximate surface area is 143 Å². The number of carboxylic acids is 1. The number of thiophene rings is 1. The highest BCUT2D eigenvalue weighted by Gasteiger charge is 2.08. The molecule has 0 amide bonds. The van der Waals surface area contributed by atoms with Crippen LogP contribution in [0.5, 0.6) is 0 Å². The third-order valence-corrected chi connectivity index (χ3v) is 4.81. The van der Waals surface area contributed by atoms with Crippen molar-refractivity contribution in [2.24, 2.45) is 0 Å². The van der Waals surface area contributed by atoms with Gasteiger partial charge in [0, 0.05) is 27.6 Å². The van der Waals surface area contributed by atoms with Gasteiger partial charge < -0.3 is 5.11 Å². The fourth-order valence-electron chi connectivity index (χ4n) is 2.49. The van der Waals surface area contributed by atoms with Gasteiger partial charge >= 0.3 is 5.97 Å². The zero-order valence-electron chi connectivity index (χ0n) is 13.2. The molecule has 0 radical (unpaired) electrons. The minimum Gasteiger partial charge on any atom is -0.478 e. The molecule has 3 nitrogen and oxygen atoms in total. The van der Waals surface area contributed by atoms with Gasteiger partial charge in [0.15, 0.2) is 5.78 Å². The molecule has 120 valence electrons. The van der Waals surface area contributed by atoms with Gasteiger partial charge in [0.25, 0.3) is 0 Å². The fraction of sp³-hybridized carbons (Fsp3) is 0.100. The Balaban J connectivity index is 1.81. The molecule has 0 unspecified atom stereocenters. The molecular formula is C20H16O3S. The van der Waals surface area contributed by atoms with Crippen molar-refractivity contribution < 1.29 is 14.7 Å². The van der Waals surface area contributed by atoms with E-state index in [4.69, 9.17) is 5.11 Å². The number of Topliss-reactive ketones (excluding diaryl/α,β-unsaturated/α-hetero) is 1. The first-order chi connectivity index (χ1) is 11.5. The zero-order valence-corrected chi connectivity index (χ0v) is 14.0. The van der Waals surface area contributed by atoms with Gasteiger partial charge in [-0.15, -0.1) is 11.3 Å². The second kappa shape index (κ2) is 6.81. The summed E-state index contributed by atoms with van der Waals surface area (Å²) < 4.78 is 1.08. The summed E-state index contributed by atoms with van der Waals surface area (Å²) in [5.41, 5.74) is 2.81. The summed E-state index contributed by atoms with van der Waals surface area (Å²) in [7, 11) is 0. The maximum absolute atomic E-state index is 12.4. The highest BCUT2D eigenvalue weighted by atomic mass is 32.1. The predicted octanol–water partition coefficient (Wildman–Crippen LogP) is 4.73. The fourth-order valence-corrected chi connectivity index (χ4v) is 3.43. The Hall–Kier alpha value is -2.72. The number of carbonyl (C=O) groups is 2. The number of ketones is 1. The monoisotopic (exact) mass is 336 g/mol. The molecule has 1 heterocycles. The molecule has 3 rings (SSSR count). The number of carboxylic acid groups (broad SMARTS) is 1. The summed E-state index contributed by atoms with van der Waals surface area (Å²) in [5, 5.41) is 9.73. The molecular weight excluding hydrogens is 320 g/mol. The first kappa shape index (κ1) is 16.1. The van der Waals surface area contributed by atoms with E-state index < -0.39 is 5.97 Å². The van der Waals surface area contributed by atoms with E-state index in [0.29, 0.717) is 6.42 Å². The van der Waals surface area contributed by atoms with Crippen LogP contribution in [0.3, 0.4) is 0 Å². The van der Waals surface area contributed by atoms with Crippen molar-refractivity contribution in [1.82, 2.24) is 0 Å². The molecule has 0 fully saturated rings. The van der Waals surface area contributed by atoms with E-state index in [-0.39, 0.29) is 5.78 Å². The summed E-state index contributed by atoms with van der Waals surface area (Å²) in [5.74, 6) is -0.868. The lowest BCUT2D eigenvalue weighted by atomic mass is 10.0. The van der Waals surface area contributed by atoms with E-state index >= 15 is 0 Å². The van der Waals surface area contributed by atoms with Gasteiger partial charge in [0.05, 0.1) is 0 Å². The lowest BCUT2D eigenvalue weighted by molar-refractivity contribution is -0.131. The summed E-state index contributed by atoms with van der Waals surface area (Å²) in [6, 6.07) is 15.5. The average molecular weight is 336 g/mol. The number of aryl methyl sites for hydroxylation is 1. The zero-order chi connectivity index (χ0) is 17.1. The molecule has 2 aromatic carbocycles. The molecule has 1 aromatic heterocycles. The van der Waals surface area contributed by atoms with Crippen LogP contribution < -0.4 is 0 Å². The highest BCUT2D eigenvalue weighted by molar-refractivity contribution is 7.19. The number of aliphatic carboxylic acids is 1. The molecule has 24 heavy (non-hydrogen) atoms. The number of rotatable bonds is 5. The maximum atomic E-state index is 12.4. The Morgan fingerprint density at radius 1 is 1.08 bits per heavy atom. The number of hydrogen-bond acceptors (Lipinski definition) is 3. The minimum absolute atomic E-state index is 0.0931. The van der Waals surface area contributed by atoms with Crippen molar-refractivity contribution in [3.63, 3.8) is 0 Å². The molecule has 0 aliphatic heterocycles. The molecule has 0 saturated heterocycles. The van der Waals surface area contributed by atoms with Gasteiger partial charge in [-0.25, -0.2) is 4.79 Å². The molecule has 0 bridgehead atoms. The molecule has 0 saturated carbocycles. The summed E-state index contributed by atoms with van der Waals surface area (Å²) in [4.78, 5) is 23.9. The van der Waals surface area contributed by atoms with Gasteiger partial charge in [-0.2, -0.15) is 0 Å². The normalized spacial score (nSPS) is 11.2. The Kier molecular flexibility index (Phi) is 4.58. The van der Waals surface area contributed by atoms with Crippen molar-refractivity contribution >= 4 is 39.3 Å². The van der Waals surface area contributed by atoms with E-state index in [1.165, 1.54) is 11.3 Å². The number of hydrogen-bond donors (Lipinski definition) is 1. The third-order valence-electron chi connectivity index (χ3n) is 3.73. The van der Waals surface area contributed by atoms with Gasteiger partial charge in [-0.05, 0) is 42.1 Å². The lowest BCUT2D eigenvalue weighted by Crippen LogP contribution is -2.03. The summed E-state index contributed by atoms with van der Waals surface area (Å²) in [6.45, 7) is 2.00. The molecule has 3 aromatic rings.